The van der Waals surface area contributed by atoms with Crippen molar-refractivity contribution in [1.82, 2.24) is 0 Å². The van der Waals surface area contributed by atoms with E-state index in [1.54, 1.807) is 0 Å². The van der Waals surface area contributed by atoms with E-state index in [-0.39, 0.29) is 0 Å². The first-order valence-electron chi connectivity index (χ1n) is 5.41. The quantitative estimate of drug-likeness (QED) is 0.664. The van der Waals surface area contributed by atoms with Gasteiger partial charge in [0.25, 0.3) is 0 Å². The number of halogens is 2. The van der Waals surface area contributed by atoms with Gasteiger partial charge in [-0.1, -0.05) is 76.0 Å². The van der Waals surface area contributed by atoms with E-state index < -0.39 is 0 Å². The van der Waals surface area contributed by atoms with Gasteiger partial charge in [0.2, 0.25) is 0 Å². The van der Waals surface area contributed by atoms with Gasteiger partial charge in [-0.05, 0) is 30.2 Å². The minimum absolute atomic E-state index is 0.432. The Kier molecular flexibility index (Phi) is 5.91. The molecular weight excluding hydrogens is 316 g/mol. The van der Waals surface area contributed by atoms with Gasteiger partial charge in [-0.15, -0.1) is 0 Å². The van der Waals surface area contributed by atoms with Crippen molar-refractivity contribution in [3.05, 3.63) is 35.9 Å². The van der Waals surface area contributed by atoms with Crippen LogP contribution in [0.5, 0.6) is 0 Å². The van der Waals surface area contributed by atoms with E-state index in [0.717, 1.165) is 11.8 Å². The molecule has 0 aliphatic carbocycles. The fourth-order valence-corrected chi connectivity index (χ4v) is 2.70. The highest BCUT2D eigenvalue weighted by Crippen LogP contribution is 2.27. The monoisotopic (exact) mass is 332 g/mol. The molecule has 84 valence electrons. The molecule has 0 unspecified atom stereocenters. The van der Waals surface area contributed by atoms with Gasteiger partial charge in [0.1, 0.15) is 0 Å². The summed E-state index contributed by atoms with van der Waals surface area (Å²) in [5, 5.41) is 0. The number of benzene rings is 1. The topological polar surface area (TPSA) is 0 Å². The SMILES string of the molecule is CC(C)[C@H](Cc1ccccc1)CC(Br)Br. The fraction of sp³-hybridized carbons (Fsp3) is 0.538. The van der Waals surface area contributed by atoms with Gasteiger partial charge in [-0.2, -0.15) is 0 Å². The van der Waals surface area contributed by atoms with Gasteiger partial charge in [0, 0.05) is 0 Å². The third-order valence-corrected chi connectivity index (χ3v) is 3.51. The van der Waals surface area contributed by atoms with Crippen molar-refractivity contribution in [2.75, 3.05) is 0 Å². The number of rotatable bonds is 5. The number of hydrogen-bond donors (Lipinski definition) is 0. The highest BCUT2D eigenvalue weighted by Gasteiger charge is 2.16. The molecule has 0 aliphatic heterocycles. The normalized spacial score (nSPS) is 13.5. The van der Waals surface area contributed by atoms with Crippen LogP contribution in [0, 0.1) is 11.8 Å². The van der Waals surface area contributed by atoms with Crippen LogP contribution in [-0.2, 0) is 6.42 Å². The van der Waals surface area contributed by atoms with E-state index in [9.17, 15) is 0 Å². The summed E-state index contributed by atoms with van der Waals surface area (Å²) in [6, 6.07) is 10.7. The van der Waals surface area contributed by atoms with Crippen LogP contribution >= 0.6 is 31.9 Å². The van der Waals surface area contributed by atoms with Crippen molar-refractivity contribution in [3.8, 4) is 0 Å². The molecule has 15 heavy (non-hydrogen) atoms. The highest BCUT2D eigenvalue weighted by molar-refractivity contribution is 9.24. The number of hydrogen-bond acceptors (Lipinski definition) is 0. The molecule has 1 rings (SSSR count). The van der Waals surface area contributed by atoms with Crippen molar-refractivity contribution in [2.45, 2.75) is 30.4 Å². The standard InChI is InChI=1S/C13H18Br2/c1-10(2)12(9-13(14)15)8-11-6-4-3-5-7-11/h3-7,10,12-13H,8-9H2,1-2H3/t12-/m1/s1. The molecule has 1 aromatic rings. The van der Waals surface area contributed by atoms with Crippen LogP contribution in [0.1, 0.15) is 25.8 Å². The molecule has 0 aromatic heterocycles. The Morgan fingerprint density at radius 2 is 1.67 bits per heavy atom. The summed E-state index contributed by atoms with van der Waals surface area (Å²) in [7, 11) is 0. The summed E-state index contributed by atoms with van der Waals surface area (Å²) in [6.45, 7) is 4.60. The van der Waals surface area contributed by atoms with Gasteiger partial charge in [0.15, 0.2) is 0 Å². The molecule has 0 fully saturated rings. The van der Waals surface area contributed by atoms with Gasteiger partial charge in [0.05, 0.1) is 3.74 Å². The largest absolute Gasteiger partial charge is 0.0765 e. The molecule has 0 aliphatic rings. The molecule has 0 heterocycles. The predicted octanol–water partition coefficient (Wildman–Crippen LogP) is 5.01. The smallest absolute Gasteiger partial charge is 0.0700 e. The average Bonchev–Trinajstić information content (AvgIpc) is 2.17. The van der Waals surface area contributed by atoms with Crippen LogP contribution < -0.4 is 0 Å². The van der Waals surface area contributed by atoms with E-state index in [4.69, 9.17) is 0 Å². The lowest BCUT2D eigenvalue weighted by Crippen LogP contribution is -2.14. The minimum atomic E-state index is 0.432. The Hall–Kier alpha value is 0.180. The third kappa shape index (κ3) is 5.17. The summed E-state index contributed by atoms with van der Waals surface area (Å²) in [4.78, 5) is 0. The lowest BCUT2D eigenvalue weighted by Gasteiger charge is -2.21. The second-order valence-corrected chi connectivity index (χ2v) is 7.76. The zero-order valence-corrected chi connectivity index (χ0v) is 12.5. The summed E-state index contributed by atoms with van der Waals surface area (Å²) < 4.78 is 0.432. The van der Waals surface area contributed by atoms with E-state index in [1.807, 2.05) is 0 Å². The molecule has 0 spiro atoms. The number of alkyl halides is 2. The summed E-state index contributed by atoms with van der Waals surface area (Å²) in [5.74, 6) is 1.46. The Bertz CT molecular complexity index is 267. The fourth-order valence-electron chi connectivity index (χ4n) is 1.74. The van der Waals surface area contributed by atoms with Gasteiger partial charge in [-0.25, -0.2) is 0 Å². The Labute approximate surface area is 110 Å². The maximum absolute atomic E-state index is 3.57. The Morgan fingerprint density at radius 3 is 2.13 bits per heavy atom. The van der Waals surface area contributed by atoms with Crippen LogP contribution in [0.3, 0.4) is 0 Å². The molecule has 0 radical (unpaired) electrons. The summed E-state index contributed by atoms with van der Waals surface area (Å²) in [5.41, 5.74) is 1.44. The van der Waals surface area contributed by atoms with Gasteiger partial charge >= 0.3 is 0 Å². The minimum Gasteiger partial charge on any atom is -0.0765 e. The predicted molar refractivity (Wildman–Crippen MR) is 74.7 cm³/mol. The van der Waals surface area contributed by atoms with Crippen LogP contribution in [-0.4, -0.2) is 3.74 Å². The van der Waals surface area contributed by atoms with Crippen molar-refractivity contribution in [3.63, 3.8) is 0 Å². The molecule has 0 saturated heterocycles. The Morgan fingerprint density at radius 1 is 1.07 bits per heavy atom. The molecule has 1 atom stereocenters. The molecule has 0 amide bonds. The Balaban J connectivity index is 2.59. The summed E-state index contributed by atoms with van der Waals surface area (Å²) >= 11 is 7.15. The maximum Gasteiger partial charge on any atom is 0.0700 e. The van der Waals surface area contributed by atoms with E-state index in [2.05, 4.69) is 76.0 Å². The van der Waals surface area contributed by atoms with Crippen LogP contribution in [0.15, 0.2) is 30.3 Å². The first-order valence-corrected chi connectivity index (χ1v) is 7.24. The van der Waals surface area contributed by atoms with Crippen LogP contribution in [0.4, 0.5) is 0 Å². The molecule has 0 saturated carbocycles. The molecule has 0 bridgehead atoms. The first kappa shape index (κ1) is 13.2. The maximum atomic E-state index is 3.57. The van der Waals surface area contributed by atoms with Crippen LogP contribution in [0.2, 0.25) is 0 Å². The van der Waals surface area contributed by atoms with Gasteiger partial charge in [-0.3, -0.25) is 0 Å². The first-order chi connectivity index (χ1) is 7.09. The summed E-state index contributed by atoms with van der Waals surface area (Å²) in [6.07, 6.45) is 2.35. The zero-order chi connectivity index (χ0) is 11.3. The molecule has 0 nitrogen and oxygen atoms in total. The van der Waals surface area contributed by atoms with Gasteiger partial charge < -0.3 is 0 Å². The van der Waals surface area contributed by atoms with Crippen molar-refractivity contribution in [2.24, 2.45) is 11.8 Å². The average molecular weight is 334 g/mol. The van der Waals surface area contributed by atoms with Crippen molar-refractivity contribution >= 4 is 31.9 Å². The zero-order valence-electron chi connectivity index (χ0n) is 9.29. The molecular formula is C13H18Br2. The third-order valence-electron chi connectivity index (χ3n) is 2.76. The molecule has 1 aromatic carbocycles. The van der Waals surface area contributed by atoms with Crippen molar-refractivity contribution < 1.29 is 0 Å². The lowest BCUT2D eigenvalue weighted by molar-refractivity contribution is 0.371. The van der Waals surface area contributed by atoms with E-state index in [1.165, 1.54) is 18.4 Å². The van der Waals surface area contributed by atoms with Crippen molar-refractivity contribution in [1.29, 1.82) is 0 Å². The molecule has 0 N–H and O–H groups in total. The second kappa shape index (κ2) is 6.70. The second-order valence-electron chi connectivity index (χ2n) is 4.32. The van der Waals surface area contributed by atoms with E-state index in [0.29, 0.717) is 3.74 Å². The lowest BCUT2D eigenvalue weighted by atomic mass is 9.87. The van der Waals surface area contributed by atoms with Crippen LogP contribution in [0.25, 0.3) is 0 Å². The molecule has 2 heteroatoms. The van der Waals surface area contributed by atoms with E-state index >= 15 is 0 Å². The highest BCUT2D eigenvalue weighted by atomic mass is 79.9.